The average Bonchev–Trinajstić information content (AvgIpc) is 3.93. The number of aliphatic hydroxyl groups is 1. The summed E-state index contributed by atoms with van der Waals surface area (Å²) in [7, 11) is 0. The zero-order valence-corrected chi connectivity index (χ0v) is 44.8. The molecule has 1 aliphatic rings. The number of aliphatic carboxylic acids is 1. The Kier molecular flexibility index (Phi) is 23.6. The Hall–Kier alpha value is -7.40. The molecule has 0 bridgehead atoms. The lowest BCUT2D eigenvalue weighted by atomic mass is 9.84. The second-order valence-corrected chi connectivity index (χ2v) is 20.5. The standard InChI is InChI=1S/C54H74F2N10O11/c1-32(2)46(63-42(68)19-12-9-15-26-65-43(69)22-23-44(65)70)52(75)60-34(4)50(73)62-40(53(76)77)18-13-14-25-58-49(72)33(3)59-51(74)39(57)24-27-66(45(71)31-67)47(54(5,6)7)48-61-41(37-28-36(55)20-21-38(37)56)30-64(48)29-35-16-10-8-11-17-35/h8,10-11,16-17,20-23,28,30,32-34,39-40,46-47,67H,9,12-15,18-19,24-27,29,31,57H2,1-7H3,(H,58,72)(H,59,74)(H,60,75)(H,62,73)(H,63,68)(H,76,77)/t33-,34+,39+,40+,46+,47+/m1/s1. The Morgan fingerprint density at radius 3 is 2.05 bits per heavy atom. The quantitative estimate of drug-likeness (QED) is 0.0352. The number of aliphatic hydroxyl groups excluding tert-OH is 1. The van der Waals surface area contributed by atoms with Gasteiger partial charge in [-0.05, 0) is 87.5 Å². The first-order chi connectivity index (χ1) is 36.3. The van der Waals surface area contributed by atoms with Crippen LogP contribution in [-0.4, -0.2) is 139 Å². The van der Waals surface area contributed by atoms with Gasteiger partial charge in [0.1, 0.15) is 48.2 Å². The molecule has 9 N–H and O–H groups in total. The first-order valence-electron chi connectivity index (χ1n) is 25.8. The van der Waals surface area contributed by atoms with Gasteiger partial charge < -0.3 is 52.0 Å². The molecule has 4 rings (SSSR count). The molecule has 3 aromatic rings. The van der Waals surface area contributed by atoms with E-state index in [2.05, 4.69) is 26.6 Å². The molecule has 0 aliphatic carbocycles. The van der Waals surface area contributed by atoms with Crippen molar-refractivity contribution in [2.24, 2.45) is 17.1 Å². The van der Waals surface area contributed by atoms with E-state index < -0.39 is 101 Å². The molecule has 8 amide bonds. The Labute approximate surface area is 447 Å². The van der Waals surface area contributed by atoms with E-state index in [1.807, 2.05) is 51.1 Å². The molecule has 0 unspecified atom stereocenters. The number of hydrogen-bond donors (Lipinski definition) is 8. The van der Waals surface area contributed by atoms with Crippen molar-refractivity contribution in [2.75, 3.05) is 26.2 Å². The first-order valence-corrected chi connectivity index (χ1v) is 25.8. The summed E-state index contributed by atoms with van der Waals surface area (Å²) in [6.45, 7) is 11.3. The van der Waals surface area contributed by atoms with Gasteiger partial charge in [-0.1, -0.05) is 71.4 Å². The van der Waals surface area contributed by atoms with Gasteiger partial charge in [-0.15, -0.1) is 0 Å². The van der Waals surface area contributed by atoms with Crippen molar-refractivity contribution in [1.29, 1.82) is 0 Å². The number of amides is 8. The predicted octanol–water partition coefficient (Wildman–Crippen LogP) is 2.99. The molecule has 0 spiro atoms. The number of carboxylic acids is 1. The molecule has 0 radical (unpaired) electrons. The Morgan fingerprint density at radius 2 is 1.43 bits per heavy atom. The van der Waals surface area contributed by atoms with Gasteiger partial charge in [0.25, 0.3) is 11.8 Å². The zero-order valence-electron chi connectivity index (χ0n) is 44.8. The Morgan fingerprint density at radius 1 is 0.779 bits per heavy atom. The molecular weight excluding hydrogens is 1000 g/mol. The maximum atomic E-state index is 15.1. The summed E-state index contributed by atoms with van der Waals surface area (Å²) in [4.78, 5) is 122. The highest BCUT2D eigenvalue weighted by molar-refractivity contribution is 6.12. The number of nitrogens with one attached hydrogen (secondary N) is 5. The van der Waals surface area contributed by atoms with E-state index in [9.17, 15) is 57.8 Å². The molecule has 0 saturated heterocycles. The van der Waals surface area contributed by atoms with Crippen LogP contribution in [0.2, 0.25) is 0 Å². The normalized spacial score (nSPS) is 14.8. The fourth-order valence-electron chi connectivity index (χ4n) is 8.58. The van der Waals surface area contributed by atoms with Crippen molar-refractivity contribution in [3.8, 4) is 11.3 Å². The minimum atomic E-state index is -1.34. The van der Waals surface area contributed by atoms with Crippen molar-refractivity contribution < 1.29 is 62.1 Å². The van der Waals surface area contributed by atoms with Crippen LogP contribution in [-0.2, 0) is 49.7 Å². The fourth-order valence-corrected chi connectivity index (χ4v) is 8.58. The Bertz CT molecular complexity index is 2590. The molecular formula is C54H74F2N10O11. The summed E-state index contributed by atoms with van der Waals surface area (Å²) in [5.74, 6) is -7.34. The number of carboxylic acid groups (broad SMARTS) is 1. The van der Waals surface area contributed by atoms with Crippen LogP contribution in [0, 0.1) is 23.0 Å². The van der Waals surface area contributed by atoms with Crippen molar-refractivity contribution in [1.82, 2.24) is 45.9 Å². The molecule has 2 heterocycles. The highest BCUT2D eigenvalue weighted by atomic mass is 19.1. The van der Waals surface area contributed by atoms with Crippen molar-refractivity contribution in [3.05, 3.63) is 89.9 Å². The van der Waals surface area contributed by atoms with Gasteiger partial charge in [0.15, 0.2) is 0 Å². The second kappa shape index (κ2) is 29.2. The second-order valence-electron chi connectivity index (χ2n) is 20.5. The van der Waals surface area contributed by atoms with Crippen LogP contribution in [0.4, 0.5) is 8.78 Å². The lowest BCUT2D eigenvalue weighted by Crippen LogP contribution is -2.56. The predicted molar refractivity (Wildman–Crippen MR) is 279 cm³/mol. The topological polar surface area (TPSA) is 305 Å². The monoisotopic (exact) mass is 1080 g/mol. The summed E-state index contributed by atoms with van der Waals surface area (Å²) in [6.07, 6.45) is 5.94. The molecule has 1 aliphatic heterocycles. The van der Waals surface area contributed by atoms with E-state index in [1.165, 1.54) is 30.9 Å². The summed E-state index contributed by atoms with van der Waals surface area (Å²) in [6, 6.07) is 5.60. The SMILES string of the molecule is CC(C)[C@H](NC(=O)CCCCCN1C(=O)C=CC1=O)C(=O)N[C@@H](C)C(=O)N[C@@H](CCCCNC(=O)[C@@H](C)NC(=O)[C@@H](N)CCN(C(=O)CO)[C@@H](c1nc(-c2cc(F)ccc2F)cn1Cc1ccccc1)C(C)(C)C)C(=O)O. The third kappa shape index (κ3) is 18.7. The lowest BCUT2D eigenvalue weighted by molar-refractivity contribution is -0.142. The number of unbranched alkanes of at least 4 members (excludes halogenated alkanes) is 3. The van der Waals surface area contributed by atoms with Gasteiger partial charge in [-0.2, -0.15) is 0 Å². The van der Waals surface area contributed by atoms with Crippen molar-refractivity contribution >= 4 is 53.2 Å². The number of halogens is 2. The van der Waals surface area contributed by atoms with Gasteiger partial charge >= 0.3 is 5.97 Å². The van der Waals surface area contributed by atoms with Crippen LogP contribution >= 0.6 is 0 Å². The van der Waals surface area contributed by atoms with E-state index in [0.717, 1.165) is 28.7 Å². The van der Waals surface area contributed by atoms with Crippen LogP contribution in [0.15, 0.2) is 66.9 Å². The van der Waals surface area contributed by atoms with Crippen LogP contribution < -0.4 is 32.3 Å². The highest BCUT2D eigenvalue weighted by Gasteiger charge is 2.39. The number of aromatic nitrogens is 2. The number of benzene rings is 2. The molecule has 23 heteroatoms. The van der Waals surface area contributed by atoms with E-state index >= 15 is 4.39 Å². The number of imidazole rings is 1. The van der Waals surface area contributed by atoms with Gasteiger partial charge in [-0.25, -0.2) is 18.6 Å². The van der Waals surface area contributed by atoms with E-state index in [-0.39, 0.29) is 87.3 Å². The number of imide groups is 1. The van der Waals surface area contributed by atoms with Crippen LogP contribution in [0.25, 0.3) is 11.3 Å². The van der Waals surface area contributed by atoms with Gasteiger partial charge in [0.2, 0.25) is 35.4 Å². The number of rotatable bonds is 30. The zero-order chi connectivity index (χ0) is 57.1. The van der Waals surface area contributed by atoms with E-state index in [1.54, 1.807) is 24.6 Å². The first kappa shape index (κ1) is 62.1. The van der Waals surface area contributed by atoms with Crippen LogP contribution in [0.1, 0.15) is 117 Å². The highest BCUT2D eigenvalue weighted by Crippen LogP contribution is 2.39. The summed E-state index contributed by atoms with van der Waals surface area (Å²) >= 11 is 0. The van der Waals surface area contributed by atoms with Gasteiger partial charge in [0, 0.05) is 56.5 Å². The fraction of sp³-hybridized carbons (Fsp3) is 0.519. The number of carbonyl (C=O) groups is 9. The van der Waals surface area contributed by atoms with Crippen molar-refractivity contribution in [2.45, 2.75) is 143 Å². The molecule has 0 saturated carbocycles. The minimum absolute atomic E-state index is 0.0293. The largest absolute Gasteiger partial charge is 0.480 e. The van der Waals surface area contributed by atoms with Gasteiger partial charge in [0.05, 0.1) is 17.8 Å². The van der Waals surface area contributed by atoms with Crippen LogP contribution in [0.3, 0.4) is 0 Å². The van der Waals surface area contributed by atoms with E-state index in [0.29, 0.717) is 25.1 Å². The maximum absolute atomic E-state index is 15.1. The molecule has 77 heavy (non-hydrogen) atoms. The summed E-state index contributed by atoms with van der Waals surface area (Å²) in [5.41, 5.74) is 6.41. The molecule has 0 fully saturated rings. The molecule has 420 valence electrons. The average molecular weight is 1080 g/mol. The Balaban J connectivity index is 1.25. The summed E-state index contributed by atoms with van der Waals surface area (Å²) in [5, 5.41) is 32.9. The minimum Gasteiger partial charge on any atom is -0.480 e. The maximum Gasteiger partial charge on any atom is 0.326 e. The molecule has 2 aromatic carbocycles. The number of carbonyl (C=O) groups excluding carboxylic acids is 8. The number of nitrogens with two attached hydrogens (primary N) is 1. The third-order valence-corrected chi connectivity index (χ3v) is 12.8. The molecule has 6 atom stereocenters. The third-order valence-electron chi connectivity index (χ3n) is 12.8. The van der Waals surface area contributed by atoms with Gasteiger partial charge in [-0.3, -0.25) is 43.3 Å². The smallest absolute Gasteiger partial charge is 0.326 e. The lowest BCUT2D eigenvalue weighted by Gasteiger charge is -2.40. The van der Waals surface area contributed by atoms with Crippen LogP contribution in [0.5, 0.6) is 0 Å². The summed E-state index contributed by atoms with van der Waals surface area (Å²) < 4.78 is 31.2. The molecule has 21 nitrogen and oxygen atoms in total. The van der Waals surface area contributed by atoms with E-state index in [4.69, 9.17) is 10.7 Å². The number of nitrogens with zero attached hydrogens (tertiary/aromatic N) is 4. The number of hydrogen-bond acceptors (Lipinski definition) is 12. The molecule has 1 aromatic heterocycles. The van der Waals surface area contributed by atoms with Crippen molar-refractivity contribution in [3.63, 3.8) is 0 Å².